The van der Waals surface area contributed by atoms with Crippen molar-refractivity contribution in [3.8, 4) is 0 Å². The third-order valence-corrected chi connectivity index (χ3v) is 3.32. The van der Waals surface area contributed by atoms with Crippen LogP contribution in [-0.2, 0) is 11.2 Å². The van der Waals surface area contributed by atoms with E-state index >= 15 is 0 Å². The van der Waals surface area contributed by atoms with Crippen LogP contribution in [0.4, 0.5) is 8.78 Å². The summed E-state index contributed by atoms with van der Waals surface area (Å²) in [4.78, 5) is 0. The van der Waals surface area contributed by atoms with E-state index in [1.165, 1.54) is 6.07 Å². The van der Waals surface area contributed by atoms with Crippen molar-refractivity contribution in [3.05, 3.63) is 35.4 Å². The molecule has 1 aromatic rings. The Hall–Kier alpha value is -1.00. The van der Waals surface area contributed by atoms with Crippen LogP contribution >= 0.6 is 0 Å². The first-order valence-electron chi connectivity index (χ1n) is 6.20. The van der Waals surface area contributed by atoms with Gasteiger partial charge in [-0.2, -0.15) is 0 Å². The molecular formula is C14H18F2O2. The van der Waals surface area contributed by atoms with E-state index in [1.54, 1.807) is 0 Å². The molecule has 1 aromatic carbocycles. The molecule has 18 heavy (non-hydrogen) atoms. The molecule has 0 spiro atoms. The van der Waals surface area contributed by atoms with Crippen molar-refractivity contribution < 1.29 is 18.6 Å². The lowest BCUT2D eigenvalue weighted by Gasteiger charge is -2.39. The van der Waals surface area contributed by atoms with Gasteiger partial charge in [-0.1, -0.05) is 6.07 Å². The maximum atomic E-state index is 13.1. The Kier molecular flexibility index (Phi) is 3.69. The Morgan fingerprint density at radius 3 is 2.39 bits per heavy atom. The van der Waals surface area contributed by atoms with Crippen LogP contribution in [0.5, 0.6) is 0 Å². The number of hydrogen-bond donors (Lipinski definition) is 1. The second-order valence-corrected chi connectivity index (χ2v) is 5.32. The van der Waals surface area contributed by atoms with Crippen LogP contribution in [0, 0.1) is 11.6 Å². The highest BCUT2D eigenvalue weighted by molar-refractivity contribution is 5.20. The summed E-state index contributed by atoms with van der Waals surface area (Å²) in [5, 5.41) is 10.5. The molecule has 0 aromatic heterocycles. The molecule has 1 saturated heterocycles. The molecule has 0 saturated carbocycles. The van der Waals surface area contributed by atoms with E-state index in [4.69, 9.17) is 4.74 Å². The van der Waals surface area contributed by atoms with E-state index in [-0.39, 0.29) is 12.2 Å². The molecule has 2 nitrogen and oxygen atoms in total. The van der Waals surface area contributed by atoms with Crippen molar-refractivity contribution in [1.82, 2.24) is 0 Å². The summed E-state index contributed by atoms with van der Waals surface area (Å²) < 4.78 is 31.5. The van der Waals surface area contributed by atoms with E-state index in [9.17, 15) is 13.9 Å². The first-order valence-corrected chi connectivity index (χ1v) is 6.20. The lowest BCUT2D eigenvalue weighted by atomic mass is 9.82. The molecular weight excluding hydrogens is 238 g/mol. The van der Waals surface area contributed by atoms with Gasteiger partial charge in [0.15, 0.2) is 11.6 Å². The van der Waals surface area contributed by atoms with E-state index in [2.05, 4.69) is 0 Å². The normalized spacial score (nSPS) is 32.5. The molecule has 2 atom stereocenters. The average molecular weight is 256 g/mol. The van der Waals surface area contributed by atoms with E-state index in [0.717, 1.165) is 12.1 Å². The van der Waals surface area contributed by atoms with Gasteiger partial charge in [-0.15, -0.1) is 0 Å². The minimum absolute atomic E-state index is 0.0240. The van der Waals surface area contributed by atoms with Crippen LogP contribution in [0.2, 0.25) is 0 Å². The zero-order chi connectivity index (χ0) is 13.3. The molecule has 1 N–H and O–H groups in total. The molecule has 0 radical (unpaired) electrons. The summed E-state index contributed by atoms with van der Waals surface area (Å²) in [6, 6.07) is 3.76. The molecule has 100 valence electrons. The van der Waals surface area contributed by atoms with E-state index in [0.29, 0.717) is 24.8 Å². The Labute approximate surface area is 106 Å². The first kappa shape index (κ1) is 13.4. The summed E-state index contributed by atoms with van der Waals surface area (Å²) in [6.07, 6.45) is 1.29. The van der Waals surface area contributed by atoms with Gasteiger partial charge in [0.1, 0.15) is 0 Å². The molecule has 1 aliphatic rings. The predicted molar refractivity (Wildman–Crippen MR) is 64.3 cm³/mol. The molecule has 1 aliphatic heterocycles. The van der Waals surface area contributed by atoms with Crippen molar-refractivity contribution >= 4 is 0 Å². The standard InChI is InChI=1S/C14H18F2O2/c1-9-6-14(17,7-10(2)18-9)8-11-3-4-12(15)13(16)5-11/h3-5,9-10,17H,6-8H2,1-2H3. The topological polar surface area (TPSA) is 29.5 Å². The molecule has 4 heteroatoms. The molecule has 0 bridgehead atoms. The Bertz CT molecular complexity index is 424. The van der Waals surface area contributed by atoms with Gasteiger partial charge in [-0.05, 0) is 31.5 Å². The molecule has 1 fully saturated rings. The molecule has 1 heterocycles. The fourth-order valence-electron chi connectivity index (χ4n) is 2.82. The predicted octanol–water partition coefficient (Wildman–Crippen LogP) is 2.83. The van der Waals surface area contributed by atoms with Crippen LogP contribution in [0.1, 0.15) is 32.3 Å². The van der Waals surface area contributed by atoms with E-state index < -0.39 is 17.2 Å². The third kappa shape index (κ3) is 3.06. The van der Waals surface area contributed by atoms with Crippen molar-refractivity contribution in [1.29, 1.82) is 0 Å². The number of benzene rings is 1. The van der Waals surface area contributed by atoms with Crippen molar-refractivity contribution in [3.63, 3.8) is 0 Å². The van der Waals surface area contributed by atoms with Gasteiger partial charge < -0.3 is 9.84 Å². The number of ether oxygens (including phenoxy) is 1. The first-order chi connectivity index (χ1) is 8.38. The smallest absolute Gasteiger partial charge is 0.159 e. The largest absolute Gasteiger partial charge is 0.389 e. The molecule has 2 unspecified atom stereocenters. The fraction of sp³-hybridized carbons (Fsp3) is 0.571. The maximum Gasteiger partial charge on any atom is 0.159 e. The monoisotopic (exact) mass is 256 g/mol. The summed E-state index contributed by atoms with van der Waals surface area (Å²) in [7, 11) is 0. The van der Waals surface area contributed by atoms with Gasteiger partial charge in [0.05, 0.1) is 17.8 Å². The molecule has 0 aliphatic carbocycles. The number of hydrogen-bond acceptors (Lipinski definition) is 2. The third-order valence-electron chi connectivity index (χ3n) is 3.32. The van der Waals surface area contributed by atoms with Crippen LogP contribution in [0.25, 0.3) is 0 Å². The zero-order valence-corrected chi connectivity index (χ0v) is 10.6. The van der Waals surface area contributed by atoms with Crippen LogP contribution in [0.15, 0.2) is 18.2 Å². The fourth-order valence-corrected chi connectivity index (χ4v) is 2.82. The minimum atomic E-state index is -0.901. The van der Waals surface area contributed by atoms with Gasteiger partial charge in [0.25, 0.3) is 0 Å². The second-order valence-electron chi connectivity index (χ2n) is 5.32. The van der Waals surface area contributed by atoms with Crippen LogP contribution < -0.4 is 0 Å². The van der Waals surface area contributed by atoms with Gasteiger partial charge in [-0.3, -0.25) is 0 Å². The highest BCUT2D eigenvalue weighted by atomic mass is 19.2. The summed E-state index contributed by atoms with van der Waals surface area (Å²) >= 11 is 0. The summed E-state index contributed by atoms with van der Waals surface area (Å²) in [5.74, 6) is -1.73. The Morgan fingerprint density at radius 2 is 1.83 bits per heavy atom. The lowest BCUT2D eigenvalue weighted by molar-refractivity contribution is -0.130. The van der Waals surface area contributed by atoms with Crippen molar-refractivity contribution in [2.45, 2.75) is 50.9 Å². The molecule has 0 amide bonds. The summed E-state index contributed by atoms with van der Waals surface area (Å²) in [5.41, 5.74) is -0.292. The quantitative estimate of drug-likeness (QED) is 0.881. The average Bonchev–Trinajstić information content (AvgIpc) is 2.21. The van der Waals surface area contributed by atoms with Crippen LogP contribution in [-0.4, -0.2) is 22.9 Å². The molecule has 2 rings (SSSR count). The second kappa shape index (κ2) is 4.94. The van der Waals surface area contributed by atoms with E-state index in [1.807, 2.05) is 13.8 Å². The summed E-state index contributed by atoms with van der Waals surface area (Å²) in [6.45, 7) is 3.82. The highest BCUT2D eigenvalue weighted by Crippen LogP contribution is 2.32. The van der Waals surface area contributed by atoms with Gasteiger partial charge >= 0.3 is 0 Å². The number of aliphatic hydroxyl groups is 1. The maximum absolute atomic E-state index is 13.1. The minimum Gasteiger partial charge on any atom is -0.389 e. The SMILES string of the molecule is CC1CC(O)(Cc2ccc(F)c(F)c2)CC(C)O1. The van der Waals surface area contributed by atoms with Gasteiger partial charge in [-0.25, -0.2) is 8.78 Å². The number of rotatable bonds is 2. The van der Waals surface area contributed by atoms with Crippen LogP contribution in [0.3, 0.4) is 0 Å². The highest BCUT2D eigenvalue weighted by Gasteiger charge is 2.36. The van der Waals surface area contributed by atoms with Gasteiger partial charge in [0.2, 0.25) is 0 Å². The number of halogens is 2. The van der Waals surface area contributed by atoms with Crippen molar-refractivity contribution in [2.75, 3.05) is 0 Å². The van der Waals surface area contributed by atoms with Crippen molar-refractivity contribution in [2.24, 2.45) is 0 Å². The Balaban J connectivity index is 2.13. The zero-order valence-electron chi connectivity index (χ0n) is 10.6. The van der Waals surface area contributed by atoms with Gasteiger partial charge in [0, 0.05) is 19.3 Å². The Morgan fingerprint density at radius 1 is 1.22 bits per heavy atom. The lowest BCUT2D eigenvalue weighted by Crippen LogP contribution is -2.44.